The molecule has 5 heteroatoms. The average molecular weight is 286 g/mol. The molecule has 98 valence electrons. The van der Waals surface area contributed by atoms with Crippen LogP contribution in [0.5, 0.6) is 0 Å². The third-order valence-corrected chi connectivity index (χ3v) is 3.30. The van der Waals surface area contributed by atoms with E-state index in [0.717, 1.165) is 4.90 Å². The van der Waals surface area contributed by atoms with E-state index in [2.05, 4.69) is 0 Å². The van der Waals surface area contributed by atoms with Gasteiger partial charge in [0.15, 0.2) is 0 Å². The Bertz CT molecular complexity index is 754. The predicted molar refractivity (Wildman–Crippen MR) is 74.0 cm³/mol. The lowest BCUT2D eigenvalue weighted by molar-refractivity contribution is -0.114. The first kappa shape index (κ1) is 12.6. The highest BCUT2D eigenvalue weighted by Gasteiger charge is 2.38. The third-order valence-electron chi connectivity index (χ3n) is 3.07. The third kappa shape index (κ3) is 1.82. The van der Waals surface area contributed by atoms with Crippen molar-refractivity contribution >= 4 is 34.9 Å². The second-order valence-electron chi connectivity index (χ2n) is 4.30. The van der Waals surface area contributed by atoms with Crippen molar-refractivity contribution < 1.29 is 14.4 Å². The summed E-state index contributed by atoms with van der Waals surface area (Å²) >= 11 is 5.86. The zero-order valence-corrected chi connectivity index (χ0v) is 10.9. The highest BCUT2D eigenvalue weighted by Crippen LogP contribution is 2.27. The Morgan fingerprint density at radius 3 is 2.20 bits per heavy atom. The molecule has 0 N–H and O–H groups in total. The van der Waals surface area contributed by atoms with Crippen LogP contribution in [-0.4, -0.2) is 17.6 Å². The molecule has 0 fully saturated rings. The zero-order valence-electron chi connectivity index (χ0n) is 10.2. The minimum absolute atomic E-state index is 0.140. The van der Waals surface area contributed by atoms with Crippen LogP contribution in [0.15, 0.2) is 48.5 Å². The predicted octanol–water partition coefficient (Wildman–Crippen LogP) is 2.71. The van der Waals surface area contributed by atoms with Gasteiger partial charge in [-0.3, -0.25) is 14.4 Å². The molecule has 0 saturated carbocycles. The van der Waals surface area contributed by atoms with Crippen LogP contribution in [0, 0.1) is 0 Å². The molecule has 20 heavy (non-hydrogen) atoms. The van der Waals surface area contributed by atoms with Crippen molar-refractivity contribution in [3.63, 3.8) is 0 Å². The number of carbonyl (C=O) groups is 3. The molecule has 4 nitrogen and oxygen atoms in total. The molecule has 1 aliphatic rings. The number of hydrogen-bond donors (Lipinski definition) is 0. The van der Waals surface area contributed by atoms with E-state index in [1.165, 1.54) is 18.2 Å². The van der Waals surface area contributed by atoms with Crippen molar-refractivity contribution in [3.8, 4) is 0 Å². The maximum absolute atomic E-state index is 12.4. The molecule has 2 aromatic rings. The number of halogens is 1. The Labute approximate surface area is 119 Å². The van der Waals surface area contributed by atoms with Crippen molar-refractivity contribution in [3.05, 3.63) is 64.7 Å². The highest BCUT2D eigenvalue weighted by atomic mass is 35.5. The number of imide groups is 1. The standard InChI is InChI=1S/C15H8ClNO3/c16-9-4-3-5-10(8-9)17-14(19)12-7-2-1-6-11(12)13(18)15(17)20/h1-8H. The number of carbonyl (C=O) groups excluding carboxylic acids is 3. The Hall–Kier alpha value is -2.46. The summed E-state index contributed by atoms with van der Waals surface area (Å²) in [5.74, 6) is -2.08. The molecule has 0 saturated heterocycles. The van der Waals surface area contributed by atoms with E-state index in [9.17, 15) is 14.4 Å². The van der Waals surface area contributed by atoms with Gasteiger partial charge in [-0.25, -0.2) is 4.90 Å². The van der Waals surface area contributed by atoms with E-state index in [1.54, 1.807) is 30.3 Å². The molecule has 3 rings (SSSR count). The molecular formula is C15H8ClNO3. The van der Waals surface area contributed by atoms with Crippen LogP contribution < -0.4 is 4.90 Å². The van der Waals surface area contributed by atoms with Crippen LogP contribution in [0.25, 0.3) is 0 Å². The van der Waals surface area contributed by atoms with Crippen LogP contribution in [0.2, 0.25) is 5.02 Å². The summed E-state index contributed by atoms with van der Waals surface area (Å²) in [4.78, 5) is 37.4. The van der Waals surface area contributed by atoms with Crippen molar-refractivity contribution in [1.82, 2.24) is 0 Å². The lowest BCUT2D eigenvalue weighted by Crippen LogP contribution is -2.46. The topological polar surface area (TPSA) is 54.5 Å². The van der Waals surface area contributed by atoms with Crippen LogP contribution in [-0.2, 0) is 4.79 Å². The fraction of sp³-hybridized carbons (Fsp3) is 0. The summed E-state index contributed by atoms with van der Waals surface area (Å²) in [5, 5.41) is 0.384. The molecule has 1 aliphatic heterocycles. The van der Waals surface area contributed by atoms with Gasteiger partial charge in [-0.15, -0.1) is 0 Å². The van der Waals surface area contributed by atoms with Gasteiger partial charge >= 0.3 is 5.91 Å². The van der Waals surface area contributed by atoms with Crippen LogP contribution >= 0.6 is 11.6 Å². The lowest BCUT2D eigenvalue weighted by atomic mass is 9.97. The minimum Gasteiger partial charge on any atom is -0.283 e. The van der Waals surface area contributed by atoms with E-state index in [0.29, 0.717) is 5.02 Å². The van der Waals surface area contributed by atoms with Gasteiger partial charge in [0.2, 0.25) is 0 Å². The monoisotopic (exact) mass is 285 g/mol. The summed E-state index contributed by atoms with van der Waals surface area (Å²) < 4.78 is 0. The highest BCUT2D eigenvalue weighted by molar-refractivity contribution is 6.56. The van der Waals surface area contributed by atoms with Gasteiger partial charge in [-0.1, -0.05) is 35.9 Å². The minimum atomic E-state index is -0.865. The van der Waals surface area contributed by atoms with E-state index in [1.807, 2.05) is 0 Å². The molecule has 0 radical (unpaired) electrons. The van der Waals surface area contributed by atoms with Gasteiger partial charge in [-0.05, 0) is 24.3 Å². The molecule has 0 spiro atoms. The molecule has 0 aliphatic carbocycles. The number of rotatable bonds is 1. The average Bonchev–Trinajstić information content (AvgIpc) is 2.45. The van der Waals surface area contributed by atoms with E-state index >= 15 is 0 Å². The van der Waals surface area contributed by atoms with Crippen LogP contribution in [0.3, 0.4) is 0 Å². The number of benzene rings is 2. The van der Waals surface area contributed by atoms with E-state index in [4.69, 9.17) is 11.6 Å². The lowest BCUT2D eigenvalue weighted by Gasteiger charge is -2.25. The molecule has 2 aromatic carbocycles. The Balaban J connectivity index is 2.17. The first-order chi connectivity index (χ1) is 9.59. The summed E-state index contributed by atoms with van der Waals surface area (Å²) in [7, 11) is 0. The summed E-state index contributed by atoms with van der Waals surface area (Å²) in [6.07, 6.45) is 0. The number of hydrogen-bond acceptors (Lipinski definition) is 3. The molecular weight excluding hydrogens is 278 g/mol. The van der Waals surface area contributed by atoms with Gasteiger partial charge in [0.05, 0.1) is 11.3 Å². The molecule has 0 aromatic heterocycles. The molecule has 0 unspecified atom stereocenters. The fourth-order valence-corrected chi connectivity index (χ4v) is 2.33. The van der Waals surface area contributed by atoms with Crippen molar-refractivity contribution in [2.24, 2.45) is 0 Å². The van der Waals surface area contributed by atoms with Crippen LogP contribution in [0.4, 0.5) is 5.69 Å². The van der Waals surface area contributed by atoms with E-state index in [-0.39, 0.29) is 16.8 Å². The maximum atomic E-state index is 12.4. The van der Waals surface area contributed by atoms with Gasteiger partial charge in [0, 0.05) is 10.6 Å². The summed E-state index contributed by atoms with van der Waals surface area (Å²) in [6, 6.07) is 12.5. The van der Waals surface area contributed by atoms with Gasteiger partial charge in [0.25, 0.3) is 11.7 Å². The summed E-state index contributed by atoms with van der Waals surface area (Å²) in [6.45, 7) is 0. The first-order valence-corrected chi connectivity index (χ1v) is 6.25. The summed E-state index contributed by atoms with van der Waals surface area (Å²) in [5.41, 5.74) is 0.646. The number of ketones is 1. The Morgan fingerprint density at radius 2 is 1.50 bits per heavy atom. The molecule has 2 amide bonds. The first-order valence-electron chi connectivity index (χ1n) is 5.87. The number of fused-ring (bicyclic) bond motifs is 1. The number of anilines is 1. The van der Waals surface area contributed by atoms with Gasteiger partial charge in [0.1, 0.15) is 0 Å². The van der Waals surface area contributed by atoms with Crippen LogP contribution in [0.1, 0.15) is 20.7 Å². The molecule has 0 bridgehead atoms. The maximum Gasteiger partial charge on any atom is 0.306 e. The normalized spacial score (nSPS) is 14.4. The molecule has 1 heterocycles. The second-order valence-corrected chi connectivity index (χ2v) is 4.74. The van der Waals surface area contributed by atoms with Gasteiger partial charge in [-0.2, -0.15) is 0 Å². The van der Waals surface area contributed by atoms with Crippen molar-refractivity contribution in [2.45, 2.75) is 0 Å². The SMILES string of the molecule is O=C1C(=O)N(c2cccc(Cl)c2)C(=O)c2ccccc21. The second kappa shape index (κ2) is 4.58. The largest absolute Gasteiger partial charge is 0.306 e. The zero-order chi connectivity index (χ0) is 14.3. The van der Waals surface area contributed by atoms with E-state index < -0.39 is 17.6 Å². The van der Waals surface area contributed by atoms with Crippen molar-refractivity contribution in [1.29, 1.82) is 0 Å². The Kier molecular flexibility index (Phi) is 2.88. The quantitative estimate of drug-likeness (QED) is 0.598. The Morgan fingerprint density at radius 1 is 0.800 bits per heavy atom. The van der Waals surface area contributed by atoms with Gasteiger partial charge < -0.3 is 0 Å². The van der Waals surface area contributed by atoms with Crippen molar-refractivity contribution in [2.75, 3.05) is 4.90 Å². The number of nitrogens with zero attached hydrogens (tertiary/aromatic N) is 1. The number of amides is 2. The smallest absolute Gasteiger partial charge is 0.283 e. The number of Topliss-reactive ketones (excluding diaryl/α,β-unsaturated/α-hetero) is 1. The molecule has 0 atom stereocenters. The fourth-order valence-electron chi connectivity index (χ4n) is 2.15.